The van der Waals surface area contributed by atoms with Crippen LogP contribution in [0.25, 0.3) is 10.9 Å². The first kappa shape index (κ1) is 24.1. The van der Waals surface area contributed by atoms with E-state index >= 15 is 0 Å². The summed E-state index contributed by atoms with van der Waals surface area (Å²) in [6.45, 7) is 3.49. The predicted molar refractivity (Wildman–Crippen MR) is 127 cm³/mol. The zero-order valence-corrected chi connectivity index (χ0v) is 19.4. The van der Waals surface area contributed by atoms with E-state index in [1.807, 2.05) is 0 Å². The van der Waals surface area contributed by atoms with Crippen LogP contribution in [0.1, 0.15) is 26.7 Å². The largest absolute Gasteiger partial charge is 0.493 e. The standard InChI is InChI=1S/C23H25ClN4O5/c1-4-21(30)33-22-16(27-14(2)29)7-5-8-17(22)28-23-15-11-20(32-10-6-9-24)19(31-3)12-18(15)25-13-26-23/h5,7-8,11-13H,4,6,9-10H2,1-3H3,(H,27,29)(H,25,26,28). The lowest BCUT2D eigenvalue weighted by molar-refractivity contribution is -0.134. The van der Waals surface area contributed by atoms with Gasteiger partial charge in [-0.3, -0.25) is 9.59 Å². The summed E-state index contributed by atoms with van der Waals surface area (Å²) in [6, 6.07) is 8.63. The summed E-state index contributed by atoms with van der Waals surface area (Å²) < 4.78 is 16.8. The van der Waals surface area contributed by atoms with Crippen LogP contribution < -0.4 is 24.8 Å². The van der Waals surface area contributed by atoms with Crippen molar-refractivity contribution in [2.75, 3.05) is 30.2 Å². The maximum absolute atomic E-state index is 12.0. The van der Waals surface area contributed by atoms with E-state index in [0.29, 0.717) is 58.5 Å². The van der Waals surface area contributed by atoms with Gasteiger partial charge in [-0.15, -0.1) is 11.6 Å². The van der Waals surface area contributed by atoms with Gasteiger partial charge in [0.15, 0.2) is 17.2 Å². The van der Waals surface area contributed by atoms with Crippen LogP contribution in [0.15, 0.2) is 36.7 Å². The van der Waals surface area contributed by atoms with Crippen molar-refractivity contribution in [3.63, 3.8) is 0 Å². The fourth-order valence-electron chi connectivity index (χ4n) is 3.02. The molecule has 1 amide bonds. The van der Waals surface area contributed by atoms with Gasteiger partial charge in [0.1, 0.15) is 12.1 Å². The van der Waals surface area contributed by atoms with Crippen molar-refractivity contribution in [1.82, 2.24) is 9.97 Å². The number of amides is 1. The number of rotatable bonds is 10. The molecular weight excluding hydrogens is 448 g/mol. The summed E-state index contributed by atoms with van der Waals surface area (Å²) in [4.78, 5) is 32.4. The van der Waals surface area contributed by atoms with E-state index < -0.39 is 5.97 Å². The van der Waals surface area contributed by atoms with Gasteiger partial charge in [-0.1, -0.05) is 13.0 Å². The Morgan fingerprint density at radius 2 is 1.91 bits per heavy atom. The summed E-state index contributed by atoms with van der Waals surface area (Å²) in [6.07, 6.45) is 2.27. The van der Waals surface area contributed by atoms with Crippen molar-refractivity contribution in [3.05, 3.63) is 36.7 Å². The molecule has 0 bridgehead atoms. The second-order valence-electron chi connectivity index (χ2n) is 6.95. The van der Waals surface area contributed by atoms with E-state index in [2.05, 4.69) is 20.6 Å². The number of carbonyl (C=O) groups is 2. The number of esters is 1. The highest BCUT2D eigenvalue weighted by molar-refractivity contribution is 6.17. The molecule has 0 spiro atoms. The van der Waals surface area contributed by atoms with Crippen molar-refractivity contribution >= 4 is 51.6 Å². The smallest absolute Gasteiger partial charge is 0.311 e. The zero-order valence-electron chi connectivity index (χ0n) is 18.6. The molecule has 9 nitrogen and oxygen atoms in total. The number of alkyl halides is 1. The molecule has 0 aliphatic heterocycles. The first-order valence-electron chi connectivity index (χ1n) is 10.4. The Balaban J connectivity index is 2.05. The van der Waals surface area contributed by atoms with Crippen molar-refractivity contribution in [2.45, 2.75) is 26.7 Å². The van der Waals surface area contributed by atoms with Gasteiger partial charge in [-0.2, -0.15) is 0 Å². The fraction of sp³-hybridized carbons (Fsp3) is 0.304. The number of fused-ring (bicyclic) bond motifs is 1. The van der Waals surface area contributed by atoms with Crippen molar-refractivity contribution in [1.29, 1.82) is 0 Å². The average molecular weight is 473 g/mol. The number of hydrogen-bond acceptors (Lipinski definition) is 8. The van der Waals surface area contributed by atoms with Crippen LogP contribution in [-0.2, 0) is 9.59 Å². The third-order valence-electron chi connectivity index (χ3n) is 4.54. The summed E-state index contributed by atoms with van der Waals surface area (Å²) in [5.74, 6) is 1.46. The lowest BCUT2D eigenvalue weighted by atomic mass is 10.2. The molecule has 0 radical (unpaired) electrons. The highest BCUT2D eigenvalue weighted by atomic mass is 35.5. The number of aromatic nitrogens is 2. The third-order valence-corrected chi connectivity index (χ3v) is 4.81. The number of hydrogen-bond donors (Lipinski definition) is 2. The van der Waals surface area contributed by atoms with Crippen LogP contribution in [0.5, 0.6) is 17.2 Å². The summed E-state index contributed by atoms with van der Waals surface area (Å²) >= 11 is 5.75. The maximum Gasteiger partial charge on any atom is 0.311 e. The van der Waals surface area contributed by atoms with Gasteiger partial charge in [-0.25, -0.2) is 9.97 Å². The molecule has 2 aromatic carbocycles. The Bertz CT molecular complexity index is 1160. The molecule has 0 saturated carbocycles. The third kappa shape index (κ3) is 6.01. The molecule has 0 unspecified atom stereocenters. The van der Waals surface area contributed by atoms with Crippen LogP contribution >= 0.6 is 11.6 Å². The Kier molecular flexibility index (Phi) is 8.26. The second-order valence-corrected chi connectivity index (χ2v) is 7.33. The maximum atomic E-state index is 12.0. The van der Waals surface area contributed by atoms with Gasteiger partial charge < -0.3 is 24.8 Å². The number of para-hydroxylation sites is 1. The van der Waals surface area contributed by atoms with E-state index in [4.69, 9.17) is 25.8 Å². The molecule has 0 atom stereocenters. The molecule has 3 rings (SSSR count). The summed E-state index contributed by atoms with van der Waals surface area (Å²) in [7, 11) is 1.55. The van der Waals surface area contributed by atoms with Crippen LogP contribution in [0.4, 0.5) is 17.2 Å². The van der Waals surface area contributed by atoms with Gasteiger partial charge in [-0.05, 0) is 24.6 Å². The van der Waals surface area contributed by atoms with Gasteiger partial charge in [0.05, 0.1) is 30.6 Å². The number of carbonyl (C=O) groups excluding carboxylic acids is 2. The molecule has 0 aliphatic rings. The zero-order chi connectivity index (χ0) is 23.8. The van der Waals surface area contributed by atoms with E-state index in [1.54, 1.807) is 44.4 Å². The van der Waals surface area contributed by atoms with Crippen molar-refractivity contribution in [2.24, 2.45) is 0 Å². The Hall–Kier alpha value is -3.59. The molecule has 1 aromatic heterocycles. The average Bonchev–Trinajstić information content (AvgIpc) is 2.80. The molecule has 33 heavy (non-hydrogen) atoms. The van der Waals surface area contributed by atoms with E-state index in [1.165, 1.54) is 13.3 Å². The van der Waals surface area contributed by atoms with Gasteiger partial charge in [0.2, 0.25) is 5.91 Å². The van der Waals surface area contributed by atoms with Crippen LogP contribution in [-0.4, -0.2) is 41.4 Å². The first-order valence-corrected chi connectivity index (χ1v) is 10.9. The van der Waals surface area contributed by atoms with Crippen LogP contribution in [0.3, 0.4) is 0 Å². The highest BCUT2D eigenvalue weighted by Crippen LogP contribution is 2.38. The van der Waals surface area contributed by atoms with E-state index in [-0.39, 0.29) is 18.1 Å². The Labute approximate surface area is 196 Å². The number of halogens is 1. The normalized spacial score (nSPS) is 10.5. The molecular formula is C23H25ClN4O5. The van der Waals surface area contributed by atoms with Crippen molar-refractivity contribution in [3.8, 4) is 17.2 Å². The second kappa shape index (κ2) is 11.3. The molecule has 174 valence electrons. The number of anilines is 3. The Morgan fingerprint density at radius 1 is 1.12 bits per heavy atom. The van der Waals surface area contributed by atoms with Crippen molar-refractivity contribution < 1.29 is 23.8 Å². The number of ether oxygens (including phenoxy) is 3. The molecule has 10 heteroatoms. The molecule has 0 aliphatic carbocycles. The first-order chi connectivity index (χ1) is 16.0. The highest BCUT2D eigenvalue weighted by Gasteiger charge is 2.17. The minimum absolute atomic E-state index is 0.174. The summed E-state index contributed by atoms with van der Waals surface area (Å²) in [5, 5.41) is 6.54. The topological polar surface area (TPSA) is 112 Å². The van der Waals surface area contributed by atoms with E-state index in [9.17, 15) is 9.59 Å². The summed E-state index contributed by atoms with van der Waals surface area (Å²) in [5.41, 5.74) is 1.43. The lowest BCUT2D eigenvalue weighted by Crippen LogP contribution is -2.13. The minimum Gasteiger partial charge on any atom is -0.493 e. The molecule has 3 aromatic rings. The quantitative estimate of drug-likeness (QED) is 0.189. The fourth-order valence-corrected chi connectivity index (χ4v) is 3.13. The number of nitrogens with one attached hydrogen (secondary N) is 2. The predicted octanol–water partition coefficient (Wildman–Crippen LogP) is 4.66. The molecule has 1 heterocycles. The lowest BCUT2D eigenvalue weighted by Gasteiger charge is -2.17. The molecule has 0 saturated heterocycles. The minimum atomic E-state index is -0.442. The van der Waals surface area contributed by atoms with E-state index in [0.717, 1.165) is 0 Å². The number of nitrogens with zero attached hydrogens (tertiary/aromatic N) is 2. The molecule has 0 fully saturated rings. The van der Waals surface area contributed by atoms with Crippen LogP contribution in [0.2, 0.25) is 0 Å². The SMILES string of the molecule is CCC(=O)Oc1c(NC(C)=O)cccc1Nc1ncnc2cc(OC)c(OCCCCl)cc12. The number of methoxy groups -OCH3 is 1. The monoisotopic (exact) mass is 472 g/mol. The Morgan fingerprint density at radius 3 is 2.61 bits per heavy atom. The number of benzene rings is 2. The van der Waals surface area contributed by atoms with Gasteiger partial charge >= 0.3 is 5.97 Å². The van der Waals surface area contributed by atoms with Gasteiger partial charge in [0.25, 0.3) is 0 Å². The van der Waals surface area contributed by atoms with Crippen LogP contribution in [0, 0.1) is 0 Å². The van der Waals surface area contributed by atoms with Gasteiger partial charge in [0, 0.05) is 30.7 Å². The molecule has 2 N–H and O–H groups in total.